The Bertz CT molecular complexity index is 1660. The van der Waals surface area contributed by atoms with E-state index in [1.165, 1.54) is 24.3 Å². The summed E-state index contributed by atoms with van der Waals surface area (Å²) in [5, 5.41) is 38.0. The summed E-state index contributed by atoms with van der Waals surface area (Å²) in [6.45, 7) is 2.70. The molecule has 0 radical (unpaired) electrons. The molecule has 0 aromatic heterocycles. The normalized spacial score (nSPS) is 14.3. The van der Waals surface area contributed by atoms with Crippen molar-refractivity contribution in [3.63, 3.8) is 0 Å². The number of carbonyl (C=O) groups excluding carboxylic acids is 2. The van der Waals surface area contributed by atoms with E-state index in [4.69, 9.17) is 15.7 Å². The van der Waals surface area contributed by atoms with Crippen LogP contribution in [-0.2, 0) is 37.2 Å². The van der Waals surface area contributed by atoms with Gasteiger partial charge in [0.25, 0.3) is 0 Å². The highest BCUT2D eigenvalue weighted by atomic mass is 32.2. The molecule has 3 amide bonds. The fourth-order valence-electron chi connectivity index (χ4n) is 5.33. The van der Waals surface area contributed by atoms with Crippen LogP contribution >= 0.6 is 0 Å². The molecule has 0 unspecified atom stereocenters. The van der Waals surface area contributed by atoms with Crippen molar-refractivity contribution in [2.24, 2.45) is 16.8 Å². The number of sulfonamides is 1. The van der Waals surface area contributed by atoms with Gasteiger partial charge in [-0.2, -0.15) is 4.31 Å². The van der Waals surface area contributed by atoms with Crippen molar-refractivity contribution in [2.45, 2.75) is 62.3 Å². The lowest BCUT2D eigenvalue weighted by Gasteiger charge is -2.33. The molecule has 0 aliphatic heterocycles. The van der Waals surface area contributed by atoms with E-state index >= 15 is 0 Å². The topological polar surface area (TPSA) is 221 Å². The van der Waals surface area contributed by atoms with Crippen molar-refractivity contribution in [2.75, 3.05) is 19.7 Å². The molecule has 0 aliphatic carbocycles. The summed E-state index contributed by atoms with van der Waals surface area (Å²) in [6.07, 6.45) is -2.40. The Labute approximate surface area is 292 Å². The number of nitrogens with one attached hydrogen (secondary N) is 2. The van der Waals surface area contributed by atoms with E-state index < -0.39 is 65.4 Å². The zero-order valence-electron chi connectivity index (χ0n) is 28.0. The standard InChI is InChI=1S/C35H45N5O9S/c1-24(2)21-40(50(47,48)28-16-13-27(14-17-28)20-37-46)22-30(41)29(19-26-11-7-4-8-12-26)38-34(43)33(39-35(44)45)31(49-23-32(36)42)18-15-25-9-5-3-6-10-25/h3-14,16-17,20,24,29-31,33,39,41,46H,15,18-19,21-23H2,1-2H3,(H2,36,42)(H,38,43)(H,44,45)/t29-,30-,31+,33-/m0/s1. The van der Waals surface area contributed by atoms with Gasteiger partial charge in [-0.25, -0.2) is 13.2 Å². The number of aliphatic hydroxyl groups is 1. The number of ether oxygens (including phenoxy) is 1. The summed E-state index contributed by atoms with van der Waals surface area (Å²) in [5.41, 5.74) is 7.37. The number of carboxylic acid groups (broad SMARTS) is 1. The first kappa shape index (κ1) is 39.6. The maximum absolute atomic E-state index is 13.9. The van der Waals surface area contributed by atoms with Gasteiger partial charge in [-0.15, -0.1) is 0 Å². The molecule has 4 atom stereocenters. The van der Waals surface area contributed by atoms with Crippen LogP contribution in [0.3, 0.4) is 0 Å². The van der Waals surface area contributed by atoms with Crippen molar-refractivity contribution < 1.29 is 43.0 Å². The number of oxime groups is 1. The van der Waals surface area contributed by atoms with E-state index in [1.807, 2.05) is 44.2 Å². The molecule has 14 nitrogen and oxygen atoms in total. The average molecular weight is 712 g/mol. The molecule has 0 saturated carbocycles. The number of nitrogens with zero attached hydrogens (tertiary/aromatic N) is 2. The minimum Gasteiger partial charge on any atom is -0.465 e. The molecule has 0 aliphatic rings. The predicted molar refractivity (Wildman–Crippen MR) is 186 cm³/mol. The number of carbonyl (C=O) groups is 3. The van der Waals surface area contributed by atoms with E-state index in [0.717, 1.165) is 16.1 Å². The molecule has 0 heterocycles. The Morgan fingerprint density at radius 3 is 2.06 bits per heavy atom. The first-order chi connectivity index (χ1) is 23.8. The largest absolute Gasteiger partial charge is 0.465 e. The number of amides is 3. The molecule has 0 bridgehead atoms. The molecule has 0 saturated heterocycles. The van der Waals surface area contributed by atoms with Gasteiger partial charge in [0.2, 0.25) is 21.8 Å². The van der Waals surface area contributed by atoms with Crippen LogP contribution in [0.25, 0.3) is 0 Å². The summed E-state index contributed by atoms with van der Waals surface area (Å²) in [6, 6.07) is 21.1. The van der Waals surface area contributed by atoms with Gasteiger partial charge in [-0.3, -0.25) is 9.59 Å². The maximum Gasteiger partial charge on any atom is 0.405 e. The van der Waals surface area contributed by atoms with Gasteiger partial charge < -0.3 is 36.5 Å². The fraction of sp³-hybridized carbons (Fsp3) is 0.371. The monoisotopic (exact) mass is 711 g/mol. The van der Waals surface area contributed by atoms with Crippen molar-refractivity contribution in [3.8, 4) is 0 Å². The lowest BCUT2D eigenvalue weighted by Crippen LogP contribution is -2.59. The number of aryl methyl sites for hydroxylation is 1. The van der Waals surface area contributed by atoms with Crippen molar-refractivity contribution >= 4 is 34.1 Å². The summed E-state index contributed by atoms with van der Waals surface area (Å²) < 4.78 is 34.4. The number of benzene rings is 3. The number of aliphatic hydroxyl groups excluding tert-OH is 1. The SMILES string of the molecule is CC(C)CN(C[C@H](O)[C@H](Cc1ccccc1)NC(=O)[C@@H](NC(=O)O)[C@@H](CCc1ccccc1)OCC(N)=O)S(=O)(=O)c1ccc(C=NO)cc1. The Kier molecular flexibility index (Phi) is 15.4. The van der Waals surface area contributed by atoms with Gasteiger partial charge in [0.1, 0.15) is 12.6 Å². The minimum absolute atomic E-state index is 0.0386. The number of hydrogen-bond donors (Lipinski definition) is 6. The third kappa shape index (κ3) is 12.6. The molecule has 3 rings (SSSR count). The Morgan fingerprint density at radius 1 is 0.920 bits per heavy atom. The highest BCUT2D eigenvalue weighted by molar-refractivity contribution is 7.89. The predicted octanol–water partition coefficient (Wildman–Crippen LogP) is 2.37. The Hall–Kier alpha value is -4.83. The summed E-state index contributed by atoms with van der Waals surface area (Å²) in [5.74, 6) is -1.81. The van der Waals surface area contributed by atoms with Crippen LogP contribution in [0.5, 0.6) is 0 Å². The first-order valence-electron chi connectivity index (χ1n) is 16.0. The molecular weight excluding hydrogens is 666 g/mol. The summed E-state index contributed by atoms with van der Waals surface area (Å²) >= 11 is 0. The minimum atomic E-state index is -4.15. The zero-order chi connectivity index (χ0) is 36.7. The van der Waals surface area contributed by atoms with Crippen LogP contribution in [-0.4, -0.2) is 96.3 Å². The highest BCUT2D eigenvalue weighted by Gasteiger charge is 2.36. The zero-order valence-corrected chi connectivity index (χ0v) is 28.8. The van der Waals surface area contributed by atoms with E-state index in [-0.39, 0.29) is 30.2 Å². The first-order valence-corrected chi connectivity index (χ1v) is 17.5. The Balaban J connectivity index is 1.94. The molecule has 50 heavy (non-hydrogen) atoms. The Morgan fingerprint density at radius 2 is 1.52 bits per heavy atom. The van der Waals surface area contributed by atoms with Gasteiger partial charge in [0.05, 0.1) is 29.4 Å². The van der Waals surface area contributed by atoms with E-state index in [9.17, 15) is 33.0 Å². The van der Waals surface area contributed by atoms with Gasteiger partial charge in [0, 0.05) is 13.1 Å². The number of primary amides is 1. The molecular formula is C35H45N5O9S. The van der Waals surface area contributed by atoms with Crippen LogP contribution < -0.4 is 16.4 Å². The van der Waals surface area contributed by atoms with E-state index in [2.05, 4.69) is 15.8 Å². The van der Waals surface area contributed by atoms with Crippen molar-refractivity contribution in [1.82, 2.24) is 14.9 Å². The number of rotatable bonds is 20. The second-order valence-electron chi connectivity index (χ2n) is 12.2. The molecule has 0 fully saturated rings. The number of nitrogens with two attached hydrogens (primary N) is 1. The van der Waals surface area contributed by atoms with Crippen LogP contribution in [0.1, 0.15) is 37.0 Å². The second kappa shape index (κ2) is 19.4. The van der Waals surface area contributed by atoms with E-state index in [0.29, 0.717) is 17.5 Å². The maximum atomic E-state index is 13.9. The third-order valence-corrected chi connectivity index (χ3v) is 9.55. The summed E-state index contributed by atoms with van der Waals surface area (Å²) in [4.78, 5) is 37.4. The molecule has 270 valence electrons. The average Bonchev–Trinajstić information content (AvgIpc) is 3.07. The lowest BCUT2D eigenvalue weighted by molar-refractivity contribution is -0.133. The van der Waals surface area contributed by atoms with Crippen LogP contribution in [0.2, 0.25) is 0 Å². The van der Waals surface area contributed by atoms with Crippen molar-refractivity contribution in [1.29, 1.82) is 0 Å². The lowest BCUT2D eigenvalue weighted by atomic mass is 9.98. The van der Waals surface area contributed by atoms with Crippen LogP contribution in [0, 0.1) is 5.92 Å². The van der Waals surface area contributed by atoms with Gasteiger partial charge in [-0.05, 0) is 54.0 Å². The smallest absolute Gasteiger partial charge is 0.405 e. The van der Waals surface area contributed by atoms with Crippen LogP contribution in [0.4, 0.5) is 4.79 Å². The highest BCUT2D eigenvalue weighted by Crippen LogP contribution is 2.20. The molecule has 7 N–H and O–H groups in total. The molecule has 3 aromatic carbocycles. The van der Waals surface area contributed by atoms with Gasteiger partial charge >= 0.3 is 6.09 Å². The van der Waals surface area contributed by atoms with Crippen LogP contribution in [0.15, 0.2) is 95.0 Å². The molecule has 0 spiro atoms. The fourth-order valence-corrected chi connectivity index (χ4v) is 6.95. The third-order valence-electron chi connectivity index (χ3n) is 7.71. The number of hydrogen-bond acceptors (Lipinski definition) is 9. The molecule has 3 aromatic rings. The summed E-state index contributed by atoms with van der Waals surface area (Å²) in [7, 11) is -4.15. The quantitative estimate of drug-likeness (QED) is 0.0575. The van der Waals surface area contributed by atoms with E-state index in [1.54, 1.807) is 30.3 Å². The molecule has 15 heteroatoms. The van der Waals surface area contributed by atoms with Gasteiger partial charge in [0.15, 0.2) is 0 Å². The van der Waals surface area contributed by atoms with Gasteiger partial charge in [-0.1, -0.05) is 91.8 Å². The second-order valence-corrected chi connectivity index (χ2v) is 14.1. The van der Waals surface area contributed by atoms with Crippen molar-refractivity contribution in [3.05, 3.63) is 102 Å².